The molecule has 0 aliphatic carbocycles. The summed E-state index contributed by atoms with van der Waals surface area (Å²) in [5.41, 5.74) is 0.245. The number of methoxy groups -OCH3 is 1. The van der Waals surface area contributed by atoms with E-state index in [-0.39, 0.29) is 5.56 Å². The van der Waals surface area contributed by atoms with E-state index in [1.165, 1.54) is 30.3 Å². The third-order valence-corrected chi connectivity index (χ3v) is 2.55. The van der Waals surface area contributed by atoms with Gasteiger partial charge in [0.15, 0.2) is 0 Å². The molecule has 0 unspecified atom stereocenters. The molecule has 2 rings (SSSR count). The molecule has 0 aliphatic heterocycles. The standard InChI is InChI=1S/C12H9ClN2O3/c1-18-11(16)4-5-15-7-14-10-3-2-8(13)6-9(10)12(15)17/h2-7H,1H3. The predicted octanol–water partition coefficient (Wildman–Crippen LogP) is 1.69. The molecule has 0 spiro atoms. The van der Waals surface area contributed by atoms with Gasteiger partial charge in [-0.25, -0.2) is 9.78 Å². The van der Waals surface area contributed by atoms with Crippen LogP contribution in [0.2, 0.25) is 5.02 Å². The zero-order chi connectivity index (χ0) is 13.1. The van der Waals surface area contributed by atoms with Gasteiger partial charge in [-0.05, 0) is 18.2 Å². The van der Waals surface area contributed by atoms with Crippen molar-refractivity contribution in [1.29, 1.82) is 0 Å². The highest BCUT2D eigenvalue weighted by Crippen LogP contribution is 2.13. The number of hydrogen-bond donors (Lipinski definition) is 0. The highest BCUT2D eigenvalue weighted by Gasteiger charge is 2.03. The van der Waals surface area contributed by atoms with Crippen molar-refractivity contribution < 1.29 is 9.53 Å². The monoisotopic (exact) mass is 264 g/mol. The van der Waals surface area contributed by atoms with Gasteiger partial charge >= 0.3 is 5.97 Å². The lowest BCUT2D eigenvalue weighted by atomic mass is 10.2. The molecule has 1 heterocycles. The van der Waals surface area contributed by atoms with Crippen molar-refractivity contribution in [3.63, 3.8) is 0 Å². The SMILES string of the molecule is COC(=O)C=Cn1cnc2ccc(Cl)cc2c1=O. The highest BCUT2D eigenvalue weighted by molar-refractivity contribution is 6.31. The van der Waals surface area contributed by atoms with Crippen LogP contribution in [-0.2, 0) is 9.53 Å². The fraction of sp³-hybridized carbons (Fsp3) is 0.0833. The molecule has 0 aliphatic rings. The van der Waals surface area contributed by atoms with Crippen LogP contribution in [0.5, 0.6) is 0 Å². The third kappa shape index (κ3) is 2.41. The maximum Gasteiger partial charge on any atom is 0.331 e. The Morgan fingerprint density at radius 1 is 1.50 bits per heavy atom. The summed E-state index contributed by atoms with van der Waals surface area (Å²) in [4.78, 5) is 27.1. The summed E-state index contributed by atoms with van der Waals surface area (Å²) < 4.78 is 5.63. The smallest absolute Gasteiger partial charge is 0.331 e. The molecule has 0 amide bonds. The number of esters is 1. The fourth-order valence-corrected chi connectivity index (χ4v) is 1.60. The van der Waals surface area contributed by atoms with Crippen molar-refractivity contribution in [1.82, 2.24) is 9.55 Å². The molecule has 0 saturated carbocycles. The van der Waals surface area contributed by atoms with Crippen molar-refractivity contribution in [3.8, 4) is 0 Å². The van der Waals surface area contributed by atoms with E-state index in [2.05, 4.69) is 9.72 Å². The van der Waals surface area contributed by atoms with Gasteiger partial charge in [-0.1, -0.05) is 11.6 Å². The van der Waals surface area contributed by atoms with Crippen LogP contribution >= 0.6 is 11.6 Å². The summed E-state index contributed by atoms with van der Waals surface area (Å²) in [5, 5.41) is 0.843. The van der Waals surface area contributed by atoms with E-state index in [0.29, 0.717) is 15.9 Å². The number of hydrogen-bond acceptors (Lipinski definition) is 4. The van der Waals surface area contributed by atoms with Crippen molar-refractivity contribution >= 4 is 34.7 Å². The molecule has 1 aromatic heterocycles. The summed E-state index contributed by atoms with van der Waals surface area (Å²) in [7, 11) is 1.26. The first-order chi connectivity index (χ1) is 8.61. The Balaban J connectivity index is 2.54. The Bertz CT molecular complexity index is 691. The molecule has 0 saturated heterocycles. The molecule has 18 heavy (non-hydrogen) atoms. The normalized spacial score (nSPS) is 11.0. The number of carbonyl (C=O) groups is 1. The summed E-state index contributed by atoms with van der Waals surface area (Å²) >= 11 is 5.82. The van der Waals surface area contributed by atoms with Crippen LogP contribution in [0.1, 0.15) is 0 Å². The number of nitrogens with zero attached hydrogens (tertiary/aromatic N) is 2. The summed E-state index contributed by atoms with van der Waals surface area (Å²) in [6.45, 7) is 0. The number of benzene rings is 1. The molecular weight excluding hydrogens is 256 g/mol. The molecule has 0 N–H and O–H groups in total. The number of halogens is 1. The van der Waals surface area contributed by atoms with Crippen LogP contribution in [0.15, 0.2) is 35.4 Å². The Kier molecular flexibility index (Phi) is 3.43. The lowest BCUT2D eigenvalue weighted by Crippen LogP contribution is -2.16. The molecular formula is C12H9ClN2O3. The molecule has 0 radical (unpaired) electrons. The van der Waals surface area contributed by atoms with Crippen molar-refractivity contribution in [2.45, 2.75) is 0 Å². The minimum absolute atomic E-state index is 0.303. The van der Waals surface area contributed by atoms with E-state index < -0.39 is 5.97 Å². The quantitative estimate of drug-likeness (QED) is 0.612. The van der Waals surface area contributed by atoms with Crippen LogP contribution in [0.4, 0.5) is 0 Å². The molecule has 0 fully saturated rings. The van der Waals surface area contributed by atoms with Gasteiger partial charge in [0, 0.05) is 17.3 Å². The number of aromatic nitrogens is 2. The molecule has 2 aromatic rings. The van der Waals surface area contributed by atoms with E-state index in [1.807, 2.05) is 0 Å². The second-order valence-electron chi connectivity index (χ2n) is 3.46. The van der Waals surface area contributed by atoms with Crippen LogP contribution in [0.3, 0.4) is 0 Å². The largest absolute Gasteiger partial charge is 0.466 e. The fourth-order valence-electron chi connectivity index (χ4n) is 1.42. The van der Waals surface area contributed by atoms with Gasteiger partial charge in [0.2, 0.25) is 0 Å². The van der Waals surface area contributed by atoms with Gasteiger partial charge in [0.05, 0.1) is 18.0 Å². The Morgan fingerprint density at radius 3 is 3.00 bits per heavy atom. The average molecular weight is 265 g/mol. The van der Waals surface area contributed by atoms with Gasteiger partial charge < -0.3 is 4.74 Å². The number of carbonyl (C=O) groups excluding carboxylic acids is 1. The summed E-state index contributed by atoms with van der Waals surface area (Å²) in [5.74, 6) is -0.548. The minimum Gasteiger partial charge on any atom is -0.466 e. The van der Waals surface area contributed by atoms with Crippen molar-refractivity contribution in [3.05, 3.63) is 46.0 Å². The third-order valence-electron chi connectivity index (χ3n) is 2.32. The first kappa shape index (κ1) is 12.3. The number of rotatable bonds is 2. The molecule has 0 bridgehead atoms. The lowest BCUT2D eigenvalue weighted by Gasteiger charge is -2.01. The minimum atomic E-state index is -0.548. The summed E-state index contributed by atoms with van der Waals surface area (Å²) in [6, 6.07) is 4.85. The molecule has 5 nitrogen and oxygen atoms in total. The van der Waals surface area contributed by atoms with E-state index in [1.54, 1.807) is 12.1 Å². The van der Waals surface area contributed by atoms with Crippen molar-refractivity contribution in [2.75, 3.05) is 7.11 Å². The first-order valence-corrected chi connectivity index (χ1v) is 5.42. The maximum atomic E-state index is 12.0. The van der Waals surface area contributed by atoms with Gasteiger partial charge in [0.25, 0.3) is 5.56 Å². The van der Waals surface area contributed by atoms with Crippen LogP contribution in [-0.4, -0.2) is 22.6 Å². The van der Waals surface area contributed by atoms with E-state index in [4.69, 9.17) is 11.6 Å². The van der Waals surface area contributed by atoms with Gasteiger partial charge in [-0.2, -0.15) is 0 Å². The Hall–Kier alpha value is -2.14. The molecule has 6 heteroatoms. The van der Waals surface area contributed by atoms with Gasteiger partial charge in [0.1, 0.15) is 6.33 Å². The Morgan fingerprint density at radius 2 is 2.28 bits per heavy atom. The van der Waals surface area contributed by atoms with E-state index >= 15 is 0 Å². The van der Waals surface area contributed by atoms with Gasteiger partial charge in [-0.3, -0.25) is 9.36 Å². The zero-order valence-corrected chi connectivity index (χ0v) is 10.2. The second-order valence-corrected chi connectivity index (χ2v) is 3.89. The Labute approximate surface area is 107 Å². The molecule has 1 aromatic carbocycles. The topological polar surface area (TPSA) is 61.2 Å². The molecule has 0 atom stereocenters. The zero-order valence-electron chi connectivity index (χ0n) is 9.46. The van der Waals surface area contributed by atoms with Crippen LogP contribution in [0.25, 0.3) is 17.1 Å². The van der Waals surface area contributed by atoms with Gasteiger partial charge in [-0.15, -0.1) is 0 Å². The van der Waals surface area contributed by atoms with E-state index in [9.17, 15) is 9.59 Å². The highest BCUT2D eigenvalue weighted by atomic mass is 35.5. The van der Waals surface area contributed by atoms with Crippen molar-refractivity contribution in [2.24, 2.45) is 0 Å². The molecule has 92 valence electrons. The second kappa shape index (κ2) is 5.01. The van der Waals surface area contributed by atoms with Crippen LogP contribution < -0.4 is 5.56 Å². The maximum absolute atomic E-state index is 12.0. The number of fused-ring (bicyclic) bond motifs is 1. The predicted molar refractivity (Wildman–Crippen MR) is 68.4 cm³/mol. The van der Waals surface area contributed by atoms with E-state index in [0.717, 1.165) is 6.08 Å². The van der Waals surface area contributed by atoms with Crippen LogP contribution in [0, 0.1) is 0 Å². The lowest BCUT2D eigenvalue weighted by molar-refractivity contribution is -0.134. The number of ether oxygens (including phenoxy) is 1. The first-order valence-electron chi connectivity index (χ1n) is 5.04. The average Bonchev–Trinajstić information content (AvgIpc) is 2.38. The summed E-state index contributed by atoms with van der Waals surface area (Å²) in [6.07, 6.45) is 3.76.